The molecule has 0 saturated heterocycles. The average Bonchev–Trinajstić information content (AvgIpc) is 3.71. The molecule has 0 aliphatic rings. The Morgan fingerprint density at radius 1 is 0.471 bits per heavy atom. The van der Waals surface area contributed by atoms with Crippen molar-refractivity contribution in [3.63, 3.8) is 0 Å². The lowest BCUT2D eigenvalue weighted by molar-refractivity contribution is 0.446. The molecule has 4 nitrogen and oxygen atoms in total. The Kier molecular flexibility index (Phi) is 11.5. The summed E-state index contributed by atoms with van der Waals surface area (Å²) in [6.45, 7) is 26.4. The molecule has 0 fully saturated rings. The van der Waals surface area contributed by atoms with Gasteiger partial charge in [-0.05, 0) is 143 Å². The number of hydrogen-bond donors (Lipinski definition) is 1. The first-order chi connectivity index (χ1) is 33.4. The van der Waals surface area contributed by atoms with Gasteiger partial charge in [-0.1, -0.05) is 174 Å². The van der Waals surface area contributed by atoms with Gasteiger partial charge in [-0.3, -0.25) is 9.55 Å². The molecule has 10 rings (SSSR count). The summed E-state index contributed by atoms with van der Waals surface area (Å²) in [4.78, 5) is 11.0. The molecule has 0 aliphatic carbocycles. The summed E-state index contributed by atoms with van der Waals surface area (Å²) >= 11 is 0. The number of pyridine rings is 1. The van der Waals surface area contributed by atoms with E-state index in [1.165, 1.54) is 44.5 Å². The van der Waals surface area contributed by atoms with Crippen LogP contribution in [0.1, 0.15) is 86.1 Å². The van der Waals surface area contributed by atoms with E-state index in [1.807, 2.05) is 6.20 Å². The number of phenols is 1. The first-order valence-electron chi connectivity index (χ1n) is 24.6. The Morgan fingerprint density at radius 3 is 1.86 bits per heavy atom. The summed E-state index contributed by atoms with van der Waals surface area (Å²) in [7, 11) is 0. The number of aromatic hydroxyl groups is 1. The van der Waals surface area contributed by atoms with Crippen molar-refractivity contribution in [3.05, 3.63) is 202 Å². The van der Waals surface area contributed by atoms with Crippen molar-refractivity contribution >= 4 is 21.8 Å². The third-order valence-corrected chi connectivity index (χ3v) is 14.4. The zero-order chi connectivity index (χ0) is 49.4. The van der Waals surface area contributed by atoms with Gasteiger partial charge in [-0.15, -0.1) is 0 Å². The van der Waals surface area contributed by atoms with E-state index in [-0.39, 0.29) is 16.6 Å². The highest BCUT2D eigenvalue weighted by molar-refractivity contribution is 6.05. The van der Waals surface area contributed by atoms with Crippen molar-refractivity contribution in [2.24, 2.45) is 0 Å². The molecule has 0 amide bonds. The molecule has 0 unspecified atom stereocenters. The van der Waals surface area contributed by atoms with Crippen LogP contribution in [-0.2, 0) is 10.8 Å². The van der Waals surface area contributed by atoms with Gasteiger partial charge in [0.25, 0.3) is 0 Å². The third kappa shape index (κ3) is 8.19. The maximum Gasteiger partial charge on any atom is 0.149 e. The van der Waals surface area contributed by atoms with Crippen LogP contribution in [0.2, 0.25) is 0 Å². The van der Waals surface area contributed by atoms with Crippen LogP contribution in [0, 0.1) is 41.5 Å². The van der Waals surface area contributed by atoms with Gasteiger partial charge in [0.2, 0.25) is 0 Å². The van der Waals surface area contributed by atoms with Crippen LogP contribution in [-0.4, -0.2) is 19.6 Å². The molecule has 0 atom stereocenters. The fourth-order valence-electron chi connectivity index (χ4n) is 10.6. The number of para-hydroxylation sites is 1. The second kappa shape index (κ2) is 17.4. The van der Waals surface area contributed by atoms with Gasteiger partial charge in [0.15, 0.2) is 0 Å². The smallest absolute Gasteiger partial charge is 0.149 e. The topological polar surface area (TPSA) is 50.9 Å². The quantitative estimate of drug-likeness (QED) is 0.173. The summed E-state index contributed by atoms with van der Waals surface area (Å²) in [5.74, 6) is 0.934. The Balaban J connectivity index is 1.31. The molecule has 8 aromatic carbocycles. The number of aryl methyl sites for hydroxylation is 6. The number of fused-ring (bicyclic) bond motifs is 2. The zero-order valence-electron chi connectivity index (χ0n) is 42.8. The van der Waals surface area contributed by atoms with Gasteiger partial charge in [0, 0.05) is 39.4 Å². The van der Waals surface area contributed by atoms with Gasteiger partial charge >= 0.3 is 0 Å². The van der Waals surface area contributed by atoms with E-state index < -0.39 is 0 Å². The van der Waals surface area contributed by atoms with Gasteiger partial charge in [0.1, 0.15) is 11.6 Å². The standard InChI is InChI=1S/C66H63N3O/c1-39-31-43(5)60(44(6)32-39)52-29-26-47(58-30-27-48(38-67-58)54-34-41(3)40(2)33-42(54)4)35-55(52)53-23-18-24-59-61(53)68-64(56-36-49(65(7,8)9)37-57(63(56)70)66(10,11)12)69(59)62-50-22-17-16-21-46(50)25-28-51(62)45-19-14-13-15-20-45/h13-38,70H,1-12H3. The molecular weight excluding hydrogens is 851 g/mol. The second-order valence-electron chi connectivity index (χ2n) is 21.6. The first kappa shape index (κ1) is 46.2. The molecule has 0 aliphatic heterocycles. The number of imidazole rings is 1. The molecule has 4 heteroatoms. The summed E-state index contributed by atoms with van der Waals surface area (Å²) < 4.78 is 2.33. The summed E-state index contributed by atoms with van der Waals surface area (Å²) in [6, 6.07) is 54.9. The van der Waals surface area contributed by atoms with Crippen LogP contribution in [0.15, 0.2) is 158 Å². The highest BCUT2D eigenvalue weighted by atomic mass is 16.3. The van der Waals surface area contributed by atoms with E-state index in [9.17, 15) is 5.11 Å². The largest absolute Gasteiger partial charge is 0.507 e. The van der Waals surface area contributed by atoms with Crippen molar-refractivity contribution in [2.75, 3.05) is 0 Å². The van der Waals surface area contributed by atoms with E-state index in [0.717, 1.165) is 83.3 Å². The van der Waals surface area contributed by atoms with Crippen molar-refractivity contribution in [1.29, 1.82) is 0 Å². The predicted molar refractivity (Wildman–Crippen MR) is 296 cm³/mol. The minimum atomic E-state index is -0.347. The number of benzene rings is 8. The minimum absolute atomic E-state index is 0.206. The van der Waals surface area contributed by atoms with Crippen LogP contribution in [0.25, 0.3) is 94.6 Å². The first-order valence-corrected chi connectivity index (χ1v) is 24.6. The van der Waals surface area contributed by atoms with Crippen molar-refractivity contribution in [3.8, 4) is 78.6 Å². The summed E-state index contributed by atoms with van der Waals surface area (Å²) in [5, 5.41) is 15.0. The van der Waals surface area contributed by atoms with E-state index in [1.54, 1.807) is 0 Å². The highest BCUT2D eigenvalue weighted by Crippen LogP contribution is 2.48. The van der Waals surface area contributed by atoms with Gasteiger partial charge in [-0.2, -0.15) is 0 Å². The minimum Gasteiger partial charge on any atom is -0.507 e. The molecule has 0 radical (unpaired) electrons. The van der Waals surface area contributed by atoms with Crippen LogP contribution in [0.3, 0.4) is 0 Å². The number of hydrogen-bond acceptors (Lipinski definition) is 3. The second-order valence-corrected chi connectivity index (χ2v) is 21.6. The fraction of sp³-hybridized carbons (Fsp3) is 0.212. The van der Waals surface area contributed by atoms with Crippen LogP contribution in [0.4, 0.5) is 0 Å². The normalized spacial score (nSPS) is 12.1. The van der Waals surface area contributed by atoms with E-state index in [0.29, 0.717) is 11.4 Å². The number of rotatable bonds is 7. The Hall–Kier alpha value is -7.56. The lowest BCUT2D eigenvalue weighted by Gasteiger charge is -2.28. The zero-order valence-corrected chi connectivity index (χ0v) is 42.8. The Labute approximate surface area is 414 Å². The van der Waals surface area contributed by atoms with Gasteiger partial charge in [-0.25, -0.2) is 4.98 Å². The molecule has 0 saturated carbocycles. The van der Waals surface area contributed by atoms with Gasteiger partial charge in [0.05, 0.1) is 28.0 Å². The average molecular weight is 914 g/mol. The summed E-state index contributed by atoms with van der Waals surface area (Å²) in [6.07, 6.45) is 2.02. The molecule has 0 bridgehead atoms. The number of phenolic OH excluding ortho intramolecular Hbond substituents is 1. The number of nitrogens with zero attached hydrogens (tertiary/aromatic N) is 3. The molecule has 2 heterocycles. The molecule has 1 N–H and O–H groups in total. The molecule has 10 aromatic rings. The fourth-order valence-corrected chi connectivity index (χ4v) is 10.6. The van der Waals surface area contributed by atoms with E-state index in [4.69, 9.17) is 9.97 Å². The molecule has 348 valence electrons. The van der Waals surface area contributed by atoms with Gasteiger partial charge < -0.3 is 5.11 Å². The van der Waals surface area contributed by atoms with E-state index >= 15 is 0 Å². The van der Waals surface area contributed by atoms with Crippen LogP contribution < -0.4 is 0 Å². The Bertz CT molecular complexity index is 3650. The van der Waals surface area contributed by atoms with Crippen LogP contribution >= 0.6 is 0 Å². The number of aromatic nitrogens is 3. The molecule has 0 spiro atoms. The van der Waals surface area contributed by atoms with Crippen molar-refractivity contribution in [1.82, 2.24) is 14.5 Å². The highest BCUT2D eigenvalue weighted by Gasteiger charge is 2.30. The lowest BCUT2D eigenvalue weighted by Crippen LogP contribution is -2.17. The van der Waals surface area contributed by atoms with Crippen molar-refractivity contribution < 1.29 is 5.11 Å². The SMILES string of the molecule is Cc1cc(C)c(-c2ccc(-c3ccc(-c4cc(C)c(C)cc4C)cn3)cc2-c2cccc3c2nc(-c2cc(C(C)(C)C)cc(C(C)(C)C)c2O)n3-c2c(-c3ccccc3)ccc3ccccc23)c(C)c1. The Morgan fingerprint density at radius 2 is 1.16 bits per heavy atom. The lowest BCUT2D eigenvalue weighted by atomic mass is 9.79. The van der Waals surface area contributed by atoms with Crippen molar-refractivity contribution in [2.45, 2.75) is 93.9 Å². The maximum absolute atomic E-state index is 12.8. The predicted octanol–water partition coefficient (Wildman–Crippen LogP) is 17.7. The molecule has 2 aromatic heterocycles. The van der Waals surface area contributed by atoms with E-state index in [2.05, 4.69) is 239 Å². The van der Waals surface area contributed by atoms with Crippen LogP contribution in [0.5, 0.6) is 5.75 Å². The monoisotopic (exact) mass is 913 g/mol. The molecular formula is C66H63N3O. The molecule has 70 heavy (non-hydrogen) atoms. The third-order valence-electron chi connectivity index (χ3n) is 14.4. The summed E-state index contributed by atoms with van der Waals surface area (Å²) in [5.41, 5.74) is 23.3. The maximum atomic E-state index is 12.8.